The van der Waals surface area contributed by atoms with E-state index in [2.05, 4.69) is 42.0 Å². The smallest absolute Gasteiger partial charge is 0.165 e. The second-order valence-corrected chi connectivity index (χ2v) is 8.15. The fraction of sp³-hybridized carbons (Fsp3) is 0.478. The molecule has 5 nitrogen and oxygen atoms in total. The van der Waals surface area contributed by atoms with Crippen molar-refractivity contribution < 1.29 is 4.74 Å². The first-order valence-corrected chi connectivity index (χ1v) is 10.8. The van der Waals surface area contributed by atoms with E-state index in [4.69, 9.17) is 21.3 Å². The van der Waals surface area contributed by atoms with Crippen LogP contribution in [0.1, 0.15) is 46.2 Å². The number of unbranched alkanes of at least 4 members (excludes halogenated alkanes) is 1. The largest absolute Gasteiger partial charge is 0.497 e. The minimum atomic E-state index is 0.569. The van der Waals surface area contributed by atoms with E-state index in [9.17, 15) is 0 Å². The molecule has 0 unspecified atom stereocenters. The van der Waals surface area contributed by atoms with Crippen LogP contribution in [0.4, 0.5) is 5.82 Å². The molecule has 0 saturated carbocycles. The third-order valence-electron chi connectivity index (χ3n) is 5.02. The maximum atomic E-state index is 6.56. The number of hydrogen-bond donors (Lipinski definition) is 0. The predicted octanol–water partition coefficient (Wildman–Crippen LogP) is 5.88. The lowest BCUT2D eigenvalue weighted by molar-refractivity contribution is 0.415. The van der Waals surface area contributed by atoms with E-state index in [0.29, 0.717) is 10.9 Å². The van der Waals surface area contributed by atoms with Crippen LogP contribution in [0.15, 0.2) is 30.6 Å². The first-order chi connectivity index (χ1) is 14.0. The normalized spacial score (nSPS) is 11.4. The molecule has 0 N–H and O–H groups in total. The number of nitrogens with zero attached hydrogens (tertiary/aromatic N) is 4. The van der Waals surface area contributed by atoms with Crippen molar-refractivity contribution >= 4 is 23.1 Å². The molecular formula is C23H31ClN4O. The number of aryl methyl sites for hydroxylation is 1. The molecular weight excluding hydrogens is 384 g/mol. The number of hydrogen-bond acceptors (Lipinski definition) is 4. The average Bonchev–Trinajstić information content (AvgIpc) is 3.09. The lowest BCUT2D eigenvalue weighted by atomic mass is 10.1. The van der Waals surface area contributed by atoms with Gasteiger partial charge in [-0.05, 0) is 37.0 Å². The molecule has 0 aliphatic heterocycles. The Morgan fingerprint density at radius 3 is 2.66 bits per heavy atom. The maximum Gasteiger partial charge on any atom is 0.165 e. The van der Waals surface area contributed by atoms with Gasteiger partial charge in [-0.25, -0.2) is 4.98 Å². The van der Waals surface area contributed by atoms with E-state index in [0.717, 1.165) is 54.3 Å². The second kappa shape index (κ2) is 9.49. The Kier molecular flexibility index (Phi) is 7.01. The van der Waals surface area contributed by atoms with E-state index in [1.807, 2.05) is 30.6 Å². The van der Waals surface area contributed by atoms with Crippen molar-refractivity contribution in [3.63, 3.8) is 0 Å². The van der Waals surface area contributed by atoms with Crippen LogP contribution >= 0.6 is 11.6 Å². The molecule has 29 heavy (non-hydrogen) atoms. The highest BCUT2D eigenvalue weighted by atomic mass is 35.5. The van der Waals surface area contributed by atoms with E-state index in [-0.39, 0.29) is 0 Å². The number of aromatic nitrogens is 3. The molecule has 2 aromatic heterocycles. The summed E-state index contributed by atoms with van der Waals surface area (Å²) in [7, 11) is 1.64. The standard InChI is InChI=1S/C23H31ClN4O/c1-6-8-12-27(15-16(3)4)23-20(7-2)26-22-21(25-11-13-28(22)23)18-10-9-17(29-5)14-19(18)24/h9-11,13-14,16H,6-8,12,15H2,1-5H3. The van der Waals surface area contributed by atoms with Crippen molar-refractivity contribution in [1.29, 1.82) is 0 Å². The number of halogens is 1. The number of methoxy groups -OCH3 is 1. The lowest BCUT2D eigenvalue weighted by Gasteiger charge is -2.27. The molecule has 0 atom stereocenters. The summed E-state index contributed by atoms with van der Waals surface area (Å²) in [5.74, 6) is 2.48. The lowest BCUT2D eigenvalue weighted by Crippen LogP contribution is -2.30. The molecule has 6 heteroatoms. The van der Waals surface area contributed by atoms with Crippen LogP contribution in [-0.4, -0.2) is 34.6 Å². The van der Waals surface area contributed by atoms with Crippen LogP contribution in [0, 0.1) is 5.92 Å². The number of ether oxygens (including phenoxy) is 1. The summed E-state index contributed by atoms with van der Waals surface area (Å²) in [6.45, 7) is 10.9. The summed E-state index contributed by atoms with van der Waals surface area (Å²) >= 11 is 6.56. The Bertz CT molecular complexity index is 967. The summed E-state index contributed by atoms with van der Waals surface area (Å²) in [5.41, 5.74) is 3.60. The summed E-state index contributed by atoms with van der Waals surface area (Å²) in [6.07, 6.45) is 7.04. The Balaban J connectivity index is 2.17. The van der Waals surface area contributed by atoms with Crippen LogP contribution in [-0.2, 0) is 6.42 Å². The summed E-state index contributed by atoms with van der Waals surface area (Å²) in [5, 5.41) is 0.609. The average molecular weight is 415 g/mol. The zero-order chi connectivity index (χ0) is 21.0. The molecule has 3 rings (SSSR count). The highest BCUT2D eigenvalue weighted by Gasteiger charge is 2.21. The monoisotopic (exact) mass is 414 g/mol. The molecule has 156 valence electrons. The van der Waals surface area contributed by atoms with Crippen LogP contribution < -0.4 is 9.64 Å². The van der Waals surface area contributed by atoms with Crippen molar-refractivity contribution in [2.75, 3.05) is 25.1 Å². The molecule has 1 aromatic carbocycles. The van der Waals surface area contributed by atoms with Crippen LogP contribution in [0.3, 0.4) is 0 Å². The van der Waals surface area contributed by atoms with Crippen molar-refractivity contribution in [3.8, 4) is 17.0 Å². The number of imidazole rings is 1. The molecule has 0 radical (unpaired) electrons. The van der Waals surface area contributed by atoms with Gasteiger partial charge in [-0.15, -0.1) is 0 Å². The van der Waals surface area contributed by atoms with Crippen LogP contribution in [0.25, 0.3) is 16.9 Å². The molecule has 0 aliphatic rings. The van der Waals surface area contributed by atoms with Crippen molar-refractivity contribution in [2.45, 2.75) is 47.0 Å². The van der Waals surface area contributed by atoms with E-state index < -0.39 is 0 Å². The molecule has 2 heterocycles. The van der Waals surface area contributed by atoms with Gasteiger partial charge in [0.15, 0.2) is 5.65 Å². The van der Waals surface area contributed by atoms with Crippen LogP contribution in [0.2, 0.25) is 5.02 Å². The molecule has 0 spiro atoms. The van der Waals surface area contributed by atoms with Gasteiger partial charge in [0.1, 0.15) is 17.3 Å². The zero-order valence-electron chi connectivity index (χ0n) is 18.1. The second-order valence-electron chi connectivity index (χ2n) is 7.74. The van der Waals surface area contributed by atoms with Gasteiger partial charge in [0.05, 0.1) is 17.8 Å². The van der Waals surface area contributed by atoms with Gasteiger partial charge < -0.3 is 9.64 Å². The van der Waals surface area contributed by atoms with Gasteiger partial charge in [0, 0.05) is 31.0 Å². The van der Waals surface area contributed by atoms with Crippen molar-refractivity contribution in [2.24, 2.45) is 5.92 Å². The molecule has 0 bridgehead atoms. The maximum absolute atomic E-state index is 6.56. The number of rotatable bonds is 9. The molecule has 0 aliphatic carbocycles. The first kappa shape index (κ1) is 21.4. The number of anilines is 1. The Labute approximate surface area is 178 Å². The SMILES string of the molecule is CCCCN(CC(C)C)c1c(CC)nc2c(-c3ccc(OC)cc3Cl)nccn12. The van der Waals surface area contributed by atoms with Gasteiger partial charge in [0.2, 0.25) is 0 Å². The molecule has 0 amide bonds. The Morgan fingerprint density at radius 1 is 1.24 bits per heavy atom. The number of benzene rings is 1. The van der Waals surface area contributed by atoms with Gasteiger partial charge in [-0.2, -0.15) is 0 Å². The van der Waals surface area contributed by atoms with E-state index >= 15 is 0 Å². The van der Waals surface area contributed by atoms with Crippen molar-refractivity contribution in [3.05, 3.63) is 41.3 Å². The fourth-order valence-electron chi connectivity index (χ4n) is 3.66. The van der Waals surface area contributed by atoms with Crippen LogP contribution in [0.5, 0.6) is 5.75 Å². The van der Waals surface area contributed by atoms with E-state index in [1.165, 1.54) is 12.2 Å². The summed E-state index contributed by atoms with van der Waals surface area (Å²) < 4.78 is 7.47. The highest BCUT2D eigenvalue weighted by Crippen LogP contribution is 2.34. The fourth-order valence-corrected chi connectivity index (χ4v) is 3.92. The van der Waals surface area contributed by atoms with Crippen molar-refractivity contribution in [1.82, 2.24) is 14.4 Å². The highest BCUT2D eigenvalue weighted by molar-refractivity contribution is 6.33. The van der Waals surface area contributed by atoms with Gasteiger partial charge >= 0.3 is 0 Å². The first-order valence-electron chi connectivity index (χ1n) is 10.4. The third-order valence-corrected chi connectivity index (χ3v) is 5.33. The summed E-state index contributed by atoms with van der Waals surface area (Å²) in [4.78, 5) is 12.1. The molecule has 0 fully saturated rings. The molecule has 3 aromatic rings. The Morgan fingerprint density at radius 2 is 2.03 bits per heavy atom. The van der Waals surface area contributed by atoms with Gasteiger partial charge in [-0.1, -0.05) is 45.7 Å². The topological polar surface area (TPSA) is 42.7 Å². The predicted molar refractivity (Wildman–Crippen MR) is 121 cm³/mol. The van der Waals surface area contributed by atoms with E-state index in [1.54, 1.807) is 7.11 Å². The zero-order valence-corrected chi connectivity index (χ0v) is 18.8. The Hall–Kier alpha value is -2.27. The quantitative estimate of drug-likeness (QED) is 0.438. The minimum absolute atomic E-state index is 0.569. The number of fused-ring (bicyclic) bond motifs is 1. The third kappa shape index (κ3) is 4.50. The molecule has 0 saturated heterocycles. The van der Waals surface area contributed by atoms with Gasteiger partial charge in [-0.3, -0.25) is 9.38 Å². The minimum Gasteiger partial charge on any atom is -0.497 e. The summed E-state index contributed by atoms with van der Waals surface area (Å²) in [6, 6.07) is 5.68. The van der Waals surface area contributed by atoms with Gasteiger partial charge in [0.25, 0.3) is 0 Å².